The highest BCUT2D eigenvalue weighted by Gasteiger charge is 2.37. The van der Waals surface area contributed by atoms with E-state index in [-0.39, 0.29) is 5.91 Å². The van der Waals surface area contributed by atoms with E-state index in [0.29, 0.717) is 13.0 Å². The van der Waals surface area contributed by atoms with Gasteiger partial charge in [-0.3, -0.25) is 9.78 Å². The minimum Gasteiger partial charge on any atom is -0.355 e. The molecule has 1 aliphatic carbocycles. The van der Waals surface area contributed by atoms with E-state index in [1.807, 2.05) is 43.4 Å². The van der Waals surface area contributed by atoms with Gasteiger partial charge in [0.1, 0.15) is 0 Å². The molecule has 3 nitrogen and oxygen atoms in total. The van der Waals surface area contributed by atoms with Crippen molar-refractivity contribution in [2.24, 2.45) is 0 Å². The molecule has 2 rings (SSSR count). The van der Waals surface area contributed by atoms with Crippen LogP contribution in [0.2, 0.25) is 0 Å². The van der Waals surface area contributed by atoms with Crippen LogP contribution in [0.25, 0.3) is 0 Å². The highest BCUT2D eigenvalue weighted by molar-refractivity contribution is 5.91. The van der Waals surface area contributed by atoms with Gasteiger partial charge in [0.05, 0.1) is 5.41 Å². The number of hydrogen-bond donors (Lipinski definition) is 1. The monoisotopic (exact) mass is 228 g/mol. The van der Waals surface area contributed by atoms with E-state index >= 15 is 0 Å². The second-order valence-corrected chi connectivity index (χ2v) is 4.06. The number of likely N-dealkylation sites (N-methyl/N-ethyl adjacent to an activating group) is 1. The highest BCUT2D eigenvalue weighted by atomic mass is 16.2. The van der Waals surface area contributed by atoms with Crippen LogP contribution < -0.4 is 5.32 Å². The van der Waals surface area contributed by atoms with Crippen molar-refractivity contribution < 1.29 is 4.79 Å². The molecule has 0 saturated heterocycles. The first kappa shape index (κ1) is 11.6. The van der Waals surface area contributed by atoms with E-state index < -0.39 is 5.41 Å². The molecule has 1 aliphatic rings. The zero-order valence-corrected chi connectivity index (χ0v) is 9.89. The summed E-state index contributed by atoms with van der Waals surface area (Å²) in [4.78, 5) is 16.4. The van der Waals surface area contributed by atoms with Crippen molar-refractivity contribution >= 4 is 5.91 Å². The summed E-state index contributed by atoms with van der Waals surface area (Å²) in [6.07, 6.45) is 12.0. The predicted octanol–water partition coefficient (Wildman–Crippen LogP) is 1.97. The van der Waals surface area contributed by atoms with Crippen LogP contribution in [0.15, 0.2) is 48.8 Å². The van der Waals surface area contributed by atoms with Crippen molar-refractivity contribution in [1.29, 1.82) is 0 Å². The molecule has 0 radical (unpaired) electrons. The number of hydrogen-bond acceptors (Lipinski definition) is 2. The first-order chi connectivity index (χ1) is 8.29. The molecule has 1 unspecified atom stereocenters. The summed E-state index contributed by atoms with van der Waals surface area (Å²) in [5, 5.41) is 2.90. The Balaban J connectivity index is 2.41. The maximum Gasteiger partial charge on any atom is 0.234 e. The Morgan fingerprint density at radius 2 is 2.41 bits per heavy atom. The molecular formula is C14H16N2O. The van der Waals surface area contributed by atoms with Crippen molar-refractivity contribution in [3.63, 3.8) is 0 Å². The third kappa shape index (κ3) is 2.13. The van der Waals surface area contributed by atoms with Crippen LogP contribution >= 0.6 is 0 Å². The molecule has 0 fully saturated rings. The lowest BCUT2D eigenvalue weighted by Gasteiger charge is -2.29. The Morgan fingerprint density at radius 1 is 1.53 bits per heavy atom. The summed E-state index contributed by atoms with van der Waals surface area (Å²) in [7, 11) is 0. The number of amides is 1. The van der Waals surface area contributed by atoms with E-state index in [1.54, 1.807) is 12.4 Å². The van der Waals surface area contributed by atoms with E-state index in [0.717, 1.165) is 5.56 Å². The standard InChI is InChI=1S/C14H16N2O/c1-2-16-13(17)14(8-4-3-5-9-14)12-7-6-10-15-11-12/h3-8,10-11H,2,9H2,1H3,(H,16,17). The zero-order chi connectivity index (χ0) is 12.1. The van der Waals surface area contributed by atoms with Crippen LogP contribution in [0, 0.1) is 0 Å². The summed E-state index contributed by atoms with van der Waals surface area (Å²) < 4.78 is 0. The average molecular weight is 228 g/mol. The zero-order valence-electron chi connectivity index (χ0n) is 9.89. The van der Waals surface area contributed by atoms with Crippen molar-refractivity contribution in [2.75, 3.05) is 6.54 Å². The topological polar surface area (TPSA) is 42.0 Å². The highest BCUT2D eigenvalue weighted by Crippen LogP contribution is 2.32. The van der Waals surface area contributed by atoms with Crippen molar-refractivity contribution in [3.05, 3.63) is 54.4 Å². The van der Waals surface area contributed by atoms with E-state index in [4.69, 9.17) is 0 Å². The lowest BCUT2D eigenvalue weighted by Crippen LogP contribution is -2.43. The Hall–Kier alpha value is -1.90. The number of rotatable bonds is 3. The summed E-state index contributed by atoms with van der Waals surface area (Å²) in [5.74, 6) is 0.0357. The number of nitrogens with one attached hydrogen (secondary N) is 1. The lowest BCUT2D eigenvalue weighted by molar-refractivity contribution is -0.125. The Labute approximate surface area is 101 Å². The fourth-order valence-corrected chi connectivity index (χ4v) is 2.08. The number of carbonyl (C=O) groups excluding carboxylic acids is 1. The lowest BCUT2D eigenvalue weighted by atomic mass is 9.75. The van der Waals surface area contributed by atoms with Gasteiger partial charge in [-0.25, -0.2) is 0 Å². The van der Waals surface area contributed by atoms with Crippen molar-refractivity contribution in [1.82, 2.24) is 10.3 Å². The summed E-state index contributed by atoms with van der Waals surface area (Å²) in [5.41, 5.74) is 0.338. The number of pyridine rings is 1. The smallest absolute Gasteiger partial charge is 0.234 e. The number of carbonyl (C=O) groups is 1. The maximum absolute atomic E-state index is 12.3. The molecule has 1 aromatic rings. The Kier molecular flexibility index (Phi) is 3.38. The number of allylic oxidation sites excluding steroid dienone is 3. The molecule has 1 amide bonds. The van der Waals surface area contributed by atoms with Crippen molar-refractivity contribution in [3.8, 4) is 0 Å². The summed E-state index contributed by atoms with van der Waals surface area (Å²) in [6, 6.07) is 3.81. The van der Waals surface area contributed by atoms with E-state index in [2.05, 4.69) is 10.3 Å². The molecule has 1 N–H and O–H groups in total. The summed E-state index contributed by atoms with van der Waals surface area (Å²) >= 11 is 0. The molecule has 17 heavy (non-hydrogen) atoms. The van der Waals surface area contributed by atoms with Gasteiger partial charge < -0.3 is 5.32 Å². The predicted molar refractivity (Wildman–Crippen MR) is 67.5 cm³/mol. The van der Waals surface area contributed by atoms with Gasteiger partial charge in [0.2, 0.25) is 5.91 Å². The van der Waals surface area contributed by atoms with Gasteiger partial charge in [-0.05, 0) is 25.0 Å². The fraction of sp³-hybridized carbons (Fsp3) is 0.286. The van der Waals surface area contributed by atoms with Gasteiger partial charge in [-0.1, -0.05) is 30.4 Å². The molecule has 0 spiro atoms. The molecule has 1 aromatic heterocycles. The fourth-order valence-electron chi connectivity index (χ4n) is 2.08. The molecule has 1 heterocycles. The first-order valence-corrected chi connectivity index (χ1v) is 5.83. The van der Waals surface area contributed by atoms with Crippen LogP contribution in [0.1, 0.15) is 18.9 Å². The summed E-state index contributed by atoms with van der Waals surface area (Å²) in [6.45, 7) is 2.57. The molecule has 0 bridgehead atoms. The van der Waals surface area contributed by atoms with Crippen molar-refractivity contribution in [2.45, 2.75) is 18.8 Å². The third-order valence-corrected chi connectivity index (χ3v) is 2.99. The van der Waals surface area contributed by atoms with Gasteiger partial charge >= 0.3 is 0 Å². The molecule has 0 aromatic carbocycles. The molecular weight excluding hydrogens is 212 g/mol. The molecule has 0 saturated carbocycles. The third-order valence-electron chi connectivity index (χ3n) is 2.99. The largest absolute Gasteiger partial charge is 0.355 e. The van der Waals surface area contributed by atoms with Crippen LogP contribution in [-0.4, -0.2) is 17.4 Å². The van der Waals surface area contributed by atoms with Gasteiger partial charge in [-0.15, -0.1) is 0 Å². The van der Waals surface area contributed by atoms with E-state index in [9.17, 15) is 4.79 Å². The second kappa shape index (κ2) is 4.95. The van der Waals surface area contributed by atoms with Crippen LogP contribution in [0.3, 0.4) is 0 Å². The number of nitrogens with zero attached hydrogens (tertiary/aromatic N) is 1. The molecule has 3 heteroatoms. The first-order valence-electron chi connectivity index (χ1n) is 5.83. The molecule has 0 aliphatic heterocycles. The van der Waals surface area contributed by atoms with Gasteiger partial charge in [-0.2, -0.15) is 0 Å². The van der Waals surface area contributed by atoms with Crippen LogP contribution in [-0.2, 0) is 10.2 Å². The van der Waals surface area contributed by atoms with Gasteiger partial charge in [0, 0.05) is 18.9 Å². The van der Waals surface area contributed by atoms with Crippen LogP contribution in [0.4, 0.5) is 0 Å². The Morgan fingerprint density at radius 3 is 3.00 bits per heavy atom. The Bertz CT molecular complexity index is 451. The van der Waals surface area contributed by atoms with Gasteiger partial charge in [0.25, 0.3) is 0 Å². The van der Waals surface area contributed by atoms with Gasteiger partial charge in [0.15, 0.2) is 0 Å². The molecule has 88 valence electrons. The quantitative estimate of drug-likeness (QED) is 0.859. The maximum atomic E-state index is 12.3. The average Bonchev–Trinajstić information content (AvgIpc) is 2.41. The minimum absolute atomic E-state index is 0.0357. The number of aromatic nitrogens is 1. The molecule has 1 atom stereocenters. The van der Waals surface area contributed by atoms with Crippen LogP contribution in [0.5, 0.6) is 0 Å². The minimum atomic E-state index is -0.598. The second-order valence-electron chi connectivity index (χ2n) is 4.06. The van der Waals surface area contributed by atoms with E-state index in [1.165, 1.54) is 0 Å². The SMILES string of the molecule is CCNC(=O)C1(c2cccnc2)C=CC=CC1. The normalized spacial score (nSPS) is 22.4.